The number of nitro groups is 1. The highest BCUT2D eigenvalue weighted by molar-refractivity contribution is 5.55. The maximum Gasteiger partial charge on any atom is 0.366 e. The van der Waals surface area contributed by atoms with Gasteiger partial charge < -0.3 is 20.3 Å². The Morgan fingerprint density at radius 3 is 2.94 bits per heavy atom. The molecule has 0 saturated carbocycles. The lowest BCUT2D eigenvalue weighted by atomic mass is 10.3. The zero-order valence-electron chi connectivity index (χ0n) is 9.73. The summed E-state index contributed by atoms with van der Waals surface area (Å²) in [6.45, 7) is 5.66. The Balaban J connectivity index is 2.43. The Morgan fingerprint density at radius 1 is 1.69 bits per heavy atom. The molecule has 0 atom stereocenters. The van der Waals surface area contributed by atoms with E-state index in [0.717, 1.165) is 6.54 Å². The van der Waals surface area contributed by atoms with Crippen LogP contribution >= 0.6 is 0 Å². The van der Waals surface area contributed by atoms with E-state index in [-0.39, 0.29) is 5.82 Å². The molecule has 0 unspecified atom stereocenters. The van der Waals surface area contributed by atoms with Crippen LogP contribution in [0.5, 0.6) is 0 Å². The van der Waals surface area contributed by atoms with Gasteiger partial charge in [-0.1, -0.05) is 5.10 Å². The third kappa shape index (κ3) is 3.20. The molecule has 1 heterocycles. The Hall–Kier alpha value is -1.63. The fourth-order valence-electron chi connectivity index (χ4n) is 1.17. The minimum atomic E-state index is -0.485. The van der Waals surface area contributed by atoms with E-state index < -0.39 is 4.92 Å². The summed E-state index contributed by atoms with van der Waals surface area (Å²) in [6, 6.07) is 0.459. The molecule has 90 valence electrons. The lowest BCUT2D eigenvalue weighted by Crippen LogP contribution is -2.31. The lowest BCUT2D eigenvalue weighted by Gasteiger charge is -2.20. The standard InChI is InChI=1S/C9H17N5O2/c1-7(2)13(3)5-4-10-8-6-11-12-9(8)14(15)16/h6-7,10H,4-5H2,1-3H3,(H,11,12). The molecule has 0 saturated heterocycles. The first-order chi connectivity index (χ1) is 7.52. The highest BCUT2D eigenvalue weighted by atomic mass is 16.6. The predicted molar refractivity (Wildman–Crippen MR) is 61.5 cm³/mol. The number of rotatable bonds is 6. The second kappa shape index (κ2) is 5.45. The number of nitrogens with one attached hydrogen (secondary N) is 2. The van der Waals surface area contributed by atoms with Gasteiger partial charge in [0.1, 0.15) is 6.20 Å². The van der Waals surface area contributed by atoms with Crippen molar-refractivity contribution in [3.63, 3.8) is 0 Å². The van der Waals surface area contributed by atoms with Crippen LogP contribution in [-0.2, 0) is 0 Å². The largest absolute Gasteiger partial charge is 0.376 e. The van der Waals surface area contributed by atoms with E-state index in [9.17, 15) is 10.1 Å². The van der Waals surface area contributed by atoms with Crippen molar-refractivity contribution in [2.24, 2.45) is 0 Å². The first-order valence-electron chi connectivity index (χ1n) is 5.14. The maximum atomic E-state index is 10.6. The molecule has 0 aliphatic rings. The third-order valence-corrected chi connectivity index (χ3v) is 2.46. The van der Waals surface area contributed by atoms with Gasteiger partial charge in [-0.15, -0.1) is 5.10 Å². The van der Waals surface area contributed by atoms with Gasteiger partial charge in [0.05, 0.1) is 0 Å². The molecule has 0 bridgehead atoms. The van der Waals surface area contributed by atoms with E-state index in [1.165, 1.54) is 6.20 Å². The molecule has 0 aromatic carbocycles. The number of H-pyrrole nitrogens is 1. The second-order valence-corrected chi connectivity index (χ2v) is 3.89. The van der Waals surface area contributed by atoms with Crippen LogP contribution < -0.4 is 5.32 Å². The summed E-state index contributed by atoms with van der Waals surface area (Å²) in [5.41, 5.74) is 0.433. The zero-order chi connectivity index (χ0) is 12.1. The molecule has 7 heteroatoms. The Bertz CT molecular complexity index is 349. The summed E-state index contributed by atoms with van der Waals surface area (Å²) in [5, 5.41) is 19.5. The van der Waals surface area contributed by atoms with Crippen molar-refractivity contribution in [2.45, 2.75) is 19.9 Å². The number of likely N-dealkylation sites (N-methyl/N-ethyl adjacent to an activating group) is 1. The van der Waals surface area contributed by atoms with E-state index in [0.29, 0.717) is 18.3 Å². The smallest absolute Gasteiger partial charge is 0.366 e. The normalized spacial score (nSPS) is 11.1. The van der Waals surface area contributed by atoms with Crippen molar-refractivity contribution in [1.29, 1.82) is 0 Å². The van der Waals surface area contributed by atoms with Gasteiger partial charge in [-0.2, -0.15) is 0 Å². The molecule has 0 spiro atoms. The number of anilines is 1. The monoisotopic (exact) mass is 227 g/mol. The summed E-state index contributed by atoms with van der Waals surface area (Å²) < 4.78 is 0. The molecular formula is C9H17N5O2. The average molecular weight is 227 g/mol. The predicted octanol–water partition coefficient (Wildman–Crippen LogP) is 1.07. The van der Waals surface area contributed by atoms with Crippen LogP contribution in [0.15, 0.2) is 6.20 Å². The van der Waals surface area contributed by atoms with Gasteiger partial charge in [-0.05, 0) is 25.8 Å². The van der Waals surface area contributed by atoms with Crippen molar-refractivity contribution < 1.29 is 4.92 Å². The van der Waals surface area contributed by atoms with E-state index >= 15 is 0 Å². The summed E-state index contributed by atoms with van der Waals surface area (Å²) in [5.74, 6) is -0.0906. The second-order valence-electron chi connectivity index (χ2n) is 3.89. The molecule has 7 nitrogen and oxygen atoms in total. The zero-order valence-corrected chi connectivity index (χ0v) is 9.73. The first kappa shape index (κ1) is 12.4. The quantitative estimate of drug-likeness (QED) is 0.560. The Labute approximate surface area is 94.0 Å². The van der Waals surface area contributed by atoms with Crippen molar-refractivity contribution in [2.75, 3.05) is 25.5 Å². The van der Waals surface area contributed by atoms with Crippen molar-refractivity contribution in [3.05, 3.63) is 16.3 Å². The topological polar surface area (TPSA) is 87.1 Å². The van der Waals surface area contributed by atoms with Crippen LogP contribution in [0.1, 0.15) is 13.8 Å². The van der Waals surface area contributed by atoms with Crippen molar-refractivity contribution >= 4 is 11.5 Å². The highest BCUT2D eigenvalue weighted by Gasteiger charge is 2.14. The van der Waals surface area contributed by atoms with Gasteiger partial charge in [-0.25, -0.2) is 0 Å². The van der Waals surface area contributed by atoms with Crippen LogP contribution in [0.3, 0.4) is 0 Å². The van der Waals surface area contributed by atoms with Gasteiger partial charge in [-0.3, -0.25) is 0 Å². The van der Waals surface area contributed by atoms with Gasteiger partial charge in [0, 0.05) is 19.1 Å². The third-order valence-electron chi connectivity index (χ3n) is 2.46. The molecule has 16 heavy (non-hydrogen) atoms. The van der Waals surface area contributed by atoms with Gasteiger partial charge in [0.15, 0.2) is 5.69 Å². The number of hydrogen-bond donors (Lipinski definition) is 2. The van der Waals surface area contributed by atoms with E-state index in [1.807, 2.05) is 7.05 Å². The van der Waals surface area contributed by atoms with Crippen LogP contribution in [0, 0.1) is 10.1 Å². The molecule has 0 amide bonds. The summed E-state index contributed by atoms with van der Waals surface area (Å²) >= 11 is 0. The first-order valence-corrected chi connectivity index (χ1v) is 5.14. The summed E-state index contributed by atoms with van der Waals surface area (Å²) in [6.07, 6.45) is 1.42. The van der Waals surface area contributed by atoms with Gasteiger partial charge >= 0.3 is 5.82 Å². The van der Waals surface area contributed by atoms with Crippen molar-refractivity contribution in [3.8, 4) is 0 Å². The molecular weight excluding hydrogens is 210 g/mol. The van der Waals surface area contributed by atoms with Crippen LogP contribution in [-0.4, -0.2) is 46.2 Å². The molecule has 0 aliphatic heterocycles. The fourth-order valence-corrected chi connectivity index (χ4v) is 1.17. The molecule has 0 fully saturated rings. The SMILES string of the molecule is CC(C)N(C)CCNc1cn[nH]c1[N+](=O)[O-]. The van der Waals surface area contributed by atoms with Crippen LogP contribution in [0.2, 0.25) is 0 Å². The number of aromatic nitrogens is 2. The minimum Gasteiger partial charge on any atom is -0.376 e. The van der Waals surface area contributed by atoms with E-state index in [2.05, 4.69) is 34.3 Å². The van der Waals surface area contributed by atoms with Gasteiger partial charge in [0.25, 0.3) is 0 Å². The molecule has 1 aromatic rings. The summed E-state index contributed by atoms with van der Waals surface area (Å²) in [4.78, 5) is 12.2. The Kier molecular flexibility index (Phi) is 4.24. The number of nitrogens with zero attached hydrogens (tertiary/aromatic N) is 3. The minimum absolute atomic E-state index is 0.0906. The summed E-state index contributed by atoms with van der Waals surface area (Å²) in [7, 11) is 2.01. The number of hydrogen-bond acceptors (Lipinski definition) is 5. The average Bonchev–Trinajstić information content (AvgIpc) is 2.65. The molecule has 2 N–H and O–H groups in total. The maximum absolute atomic E-state index is 10.6. The Morgan fingerprint density at radius 2 is 2.38 bits per heavy atom. The van der Waals surface area contributed by atoms with Gasteiger partial charge in [0.2, 0.25) is 0 Å². The molecule has 1 rings (SSSR count). The number of aromatic amines is 1. The van der Waals surface area contributed by atoms with Crippen LogP contribution in [0.4, 0.5) is 11.5 Å². The van der Waals surface area contributed by atoms with Crippen molar-refractivity contribution in [1.82, 2.24) is 15.1 Å². The molecule has 0 radical (unpaired) electrons. The molecule has 1 aromatic heterocycles. The highest BCUT2D eigenvalue weighted by Crippen LogP contribution is 2.18. The lowest BCUT2D eigenvalue weighted by molar-refractivity contribution is -0.388. The van der Waals surface area contributed by atoms with E-state index in [4.69, 9.17) is 0 Å². The molecule has 0 aliphatic carbocycles. The van der Waals surface area contributed by atoms with E-state index in [1.54, 1.807) is 0 Å². The fraction of sp³-hybridized carbons (Fsp3) is 0.667. The van der Waals surface area contributed by atoms with Crippen LogP contribution in [0.25, 0.3) is 0 Å².